The zero-order valence-electron chi connectivity index (χ0n) is 18.3. The molecule has 0 aromatic heterocycles. The summed E-state index contributed by atoms with van der Waals surface area (Å²) in [5.41, 5.74) is -0.593. The van der Waals surface area contributed by atoms with Crippen molar-refractivity contribution in [2.75, 3.05) is 32.2 Å². The molecule has 3 rings (SSSR count). The molecule has 10 nitrogen and oxygen atoms in total. The highest BCUT2D eigenvalue weighted by Gasteiger charge is 2.22. The molecule has 180 valence electrons. The van der Waals surface area contributed by atoms with Gasteiger partial charge in [0, 0.05) is 5.56 Å². The maximum Gasteiger partial charge on any atom is 0.262 e. The van der Waals surface area contributed by atoms with Crippen LogP contribution in [0, 0.1) is 0 Å². The molecular weight excluding hydrogens is 466 g/mol. The van der Waals surface area contributed by atoms with Gasteiger partial charge in [-0.15, -0.1) is 0 Å². The summed E-state index contributed by atoms with van der Waals surface area (Å²) in [7, 11) is -1.31. The van der Waals surface area contributed by atoms with Crippen LogP contribution < -0.4 is 28.8 Å². The van der Waals surface area contributed by atoms with E-state index in [4.69, 9.17) is 18.9 Å². The molecule has 0 aliphatic carbocycles. The highest BCUT2D eigenvalue weighted by Crippen LogP contribution is 2.43. The fraction of sp³-hybridized carbons (Fsp3) is 0.174. The Labute approximate surface area is 196 Å². The lowest BCUT2D eigenvalue weighted by Crippen LogP contribution is -2.23. The van der Waals surface area contributed by atoms with Crippen LogP contribution in [-0.2, 0) is 10.0 Å². The third kappa shape index (κ3) is 5.69. The predicted octanol–water partition coefficient (Wildman–Crippen LogP) is 2.03. The SMILES string of the molecule is COc1ccc(S(=O)(=O)Nc2cc(C(=O)[O-])cc(OCCO)c2Oc2ccccc2OC)cc1. The smallest absolute Gasteiger partial charge is 0.262 e. The van der Waals surface area contributed by atoms with E-state index in [0.717, 1.165) is 12.1 Å². The van der Waals surface area contributed by atoms with Gasteiger partial charge in [0.2, 0.25) is 0 Å². The summed E-state index contributed by atoms with van der Waals surface area (Å²) >= 11 is 0. The third-order valence-corrected chi connectivity index (χ3v) is 5.92. The summed E-state index contributed by atoms with van der Waals surface area (Å²) in [6, 6.07) is 14.3. The molecule has 3 aromatic carbocycles. The van der Waals surface area contributed by atoms with Crippen molar-refractivity contribution >= 4 is 21.7 Å². The van der Waals surface area contributed by atoms with Gasteiger partial charge in [0.25, 0.3) is 10.0 Å². The number of carboxylic acids is 1. The number of rotatable bonds is 11. The summed E-state index contributed by atoms with van der Waals surface area (Å²) in [6.45, 7) is -0.583. The molecule has 11 heteroatoms. The highest BCUT2D eigenvalue weighted by molar-refractivity contribution is 7.92. The number of anilines is 1. The maximum atomic E-state index is 13.1. The van der Waals surface area contributed by atoms with E-state index < -0.39 is 16.0 Å². The molecular formula is C23H22NO9S-. The van der Waals surface area contributed by atoms with Crippen LogP contribution in [0.25, 0.3) is 0 Å². The van der Waals surface area contributed by atoms with E-state index in [0.29, 0.717) is 11.5 Å². The van der Waals surface area contributed by atoms with Crippen LogP contribution in [0.3, 0.4) is 0 Å². The number of aromatic carboxylic acids is 1. The molecule has 3 aromatic rings. The first-order chi connectivity index (χ1) is 16.3. The Morgan fingerprint density at radius 2 is 1.65 bits per heavy atom. The quantitative estimate of drug-likeness (QED) is 0.414. The van der Waals surface area contributed by atoms with E-state index >= 15 is 0 Å². The van der Waals surface area contributed by atoms with E-state index in [1.165, 1.54) is 38.5 Å². The van der Waals surface area contributed by atoms with Crippen LogP contribution in [0.4, 0.5) is 5.69 Å². The van der Waals surface area contributed by atoms with Crippen molar-refractivity contribution in [2.24, 2.45) is 0 Å². The van der Waals surface area contributed by atoms with E-state index in [1.807, 2.05) is 0 Å². The molecule has 0 saturated carbocycles. The number of aliphatic hydroxyl groups excluding tert-OH is 1. The van der Waals surface area contributed by atoms with Gasteiger partial charge in [-0.25, -0.2) is 8.42 Å². The molecule has 0 bridgehead atoms. The molecule has 0 fully saturated rings. The number of carbonyl (C=O) groups is 1. The fourth-order valence-electron chi connectivity index (χ4n) is 2.94. The van der Waals surface area contributed by atoms with Gasteiger partial charge in [-0.1, -0.05) is 12.1 Å². The zero-order valence-corrected chi connectivity index (χ0v) is 19.1. The van der Waals surface area contributed by atoms with Crippen molar-refractivity contribution in [3.63, 3.8) is 0 Å². The Morgan fingerprint density at radius 3 is 2.24 bits per heavy atom. The zero-order chi connectivity index (χ0) is 24.7. The number of carbonyl (C=O) groups excluding carboxylic acids is 1. The summed E-state index contributed by atoms with van der Waals surface area (Å²) < 4.78 is 50.2. The molecule has 0 radical (unpaired) electrons. The molecule has 0 aliphatic heterocycles. The summed E-state index contributed by atoms with van der Waals surface area (Å²) in [4.78, 5) is 11.5. The molecule has 0 spiro atoms. The minimum Gasteiger partial charge on any atom is -0.545 e. The first-order valence-electron chi connectivity index (χ1n) is 9.90. The van der Waals surface area contributed by atoms with E-state index in [2.05, 4.69) is 4.72 Å². The third-order valence-electron chi connectivity index (χ3n) is 4.53. The average Bonchev–Trinajstić information content (AvgIpc) is 2.84. The number of hydrogen-bond acceptors (Lipinski definition) is 9. The standard InChI is InChI=1S/C23H23NO9S/c1-30-16-7-9-17(10-8-16)34(28,29)24-18-13-15(23(26)27)14-21(32-12-11-25)22(18)33-20-6-4-3-5-19(20)31-2/h3-10,13-14,24-25H,11-12H2,1-2H3,(H,26,27)/p-1. The van der Waals surface area contributed by atoms with E-state index in [9.17, 15) is 23.4 Å². The van der Waals surface area contributed by atoms with Crippen LogP contribution in [0.15, 0.2) is 65.6 Å². The van der Waals surface area contributed by atoms with Crippen LogP contribution in [0.2, 0.25) is 0 Å². The van der Waals surface area contributed by atoms with E-state index in [-0.39, 0.29) is 46.6 Å². The van der Waals surface area contributed by atoms with Crippen LogP contribution >= 0.6 is 0 Å². The van der Waals surface area contributed by atoms with Gasteiger partial charge >= 0.3 is 0 Å². The van der Waals surface area contributed by atoms with Crippen molar-refractivity contribution in [1.82, 2.24) is 0 Å². The number of benzene rings is 3. The van der Waals surface area contributed by atoms with Gasteiger partial charge < -0.3 is 34.0 Å². The second-order valence-electron chi connectivity index (χ2n) is 6.74. The number of para-hydroxylation sites is 2. The van der Waals surface area contributed by atoms with E-state index in [1.54, 1.807) is 24.3 Å². The van der Waals surface area contributed by atoms with Crippen molar-refractivity contribution in [3.8, 4) is 28.7 Å². The number of hydrogen-bond donors (Lipinski definition) is 2. The predicted molar refractivity (Wildman–Crippen MR) is 120 cm³/mol. The Hall–Kier alpha value is -3.96. The van der Waals surface area contributed by atoms with Gasteiger partial charge in [-0.2, -0.15) is 0 Å². The Bertz CT molecular complexity index is 1260. The van der Waals surface area contributed by atoms with Gasteiger partial charge in [0.05, 0.1) is 37.4 Å². The molecule has 0 heterocycles. The lowest BCUT2D eigenvalue weighted by atomic mass is 10.1. The number of carboxylic acid groups (broad SMARTS) is 1. The van der Waals surface area contributed by atoms with Crippen molar-refractivity contribution in [3.05, 3.63) is 66.2 Å². The Kier molecular flexibility index (Phi) is 7.82. The Morgan fingerprint density at radius 1 is 0.971 bits per heavy atom. The highest BCUT2D eigenvalue weighted by atomic mass is 32.2. The van der Waals surface area contributed by atoms with Gasteiger partial charge in [0.1, 0.15) is 12.4 Å². The summed E-state index contributed by atoms with van der Waals surface area (Å²) in [5.74, 6) is -0.831. The number of ether oxygens (including phenoxy) is 4. The number of methoxy groups -OCH3 is 2. The normalized spacial score (nSPS) is 10.9. The van der Waals surface area contributed by atoms with Crippen molar-refractivity contribution in [2.45, 2.75) is 4.90 Å². The first-order valence-corrected chi connectivity index (χ1v) is 11.4. The topological polar surface area (TPSA) is 143 Å². The van der Waals surface area contributed by atoms with Gasteiger partial charge in [-0.05, 0) is 48.5 Å². The average molecular weight is 488 g/mol. The minimum atomic E-state index is -4.18. The lowest BCUT2D eigenvalue weighted by molar-refractivity contribution is -0.255. The van der Waals surface area contributed by atoms with Crippen LogP contribution in [-0.4, -0.2) is 46.9 Å². The molecule has 2 N–H and O–H groups in total. The lowest BCUT2D eigenvalue weighted by Gasteiger charge is -2.20. The molecule has 0 aliphatic rings. The summed E-state index contributed by atoms with van der Waals surface area (Å²) in [6.07, 6.45) is 0. The fourth-order valence-corrected chi connectivity index (χ4v) is 3.99. The number of aliphatic hydroxyl groups is 1. The van der Waals surface area contributed by atoms with Crippen molar-refractivity contribution < 1.29 is 42.4 Å². The molecule has 0 amide bonds. The molecule has 34 heavy (non-hydrogen) atoms. The largest absolute Gasteiger partial charge is 0.545 e. The second kappa shape index (κ2) is 10.8. The molecule has 0 unspecified atom stereocenters. The second-order valence-corrected chi connectivity index (χ2v) is 8.43. The van der Waals surface area contributed by atoms with Gasteiger partial charge in [0.15, 0.2) is 23.0 Å². The van der Waals surface area contributed by atoms with Gasteiger partial charge in [-0.3, -0.25) is 4.72 Å². The summed E-state index contributed by atoms with van der Waals surface area (Å²) in [5, 5.41) is 20.8. The number of sulfonamides is 1. The van der Waals surface area contributed by atoms with Crippen LogP contribution in [0.5, 0.6) is 28.7 Å². The molecule has 0 saturated heterocycles. The minimum absolute atomic E-state index is 0.103. The number of nitrogens with one attached hydrogen (secondary N) is 1. The van der Waals surface area contributed by atoms with Crippen molar-refractivity contribution in [1.29, 1.82) is 0 Å². The Balaban J connectivity index is 2.13. The maximum absolute atomic E-state index is 13.1. The monoisotopic (exact) mass is 488 g/mol. The first kappa shape index (κ1) is 24.7. The van der Waals surface area contributed by atoms with Crippen LogP contribution in [0.1, 0.15) is 10.4 Å². The molecule has 0 atom stereocenters.